The lowest BCUT2D eigenvalue weighted by Crippen LogP contribution is -2.24. The summed E-state index contributed by atoms with van der Waals surface area (Å²) in [6.07, 6.45) is 1.79. The number of aliphatic hydroxyl groups excluding tert-OH is 1. The topological polar surface area (TPSA) is 83.5 Å². The maximum atomic E-state index is 10.9. The van der Waals surface area contributed by atoms with Crippen molar-refractivity contribution in [1.82, 2.24) is 5.32 Å². The van der Waals surface area contributed by atoms with Gasteiger partial charge in [0.25, 0.3) is 0 Å². The number of hydrogen-bond acceptors (Lipinski definition) is 4. The summed E-state index contributed by atoms with van der Waals surface area (Å²) in [5.74, 6) is -0.176. The molecular formula is C11H19NO4. The van der Waals surface area contributed by atoms with Crippen molar-refractivity contribution in [2.24, 2.45) is 0 Å². The molecule has 0 aromatic carbocycles. The van der Waals surface area contributed by atoms with E-state index in [1.165, 1.54) is 26.8 Å². The summed E-state index contributed by atoms with van der Waals surface area (Å²) in [5.41, 5.74) is 0.444. The van der Waals surface area contributed by atoms with Gasteiger partial charge in [-0.1, -0.05) is 6.08 Å². The van der Waals surface area contributed by atoms with Crippen LogP contribution in [0.5, 0.6) is 0 Å². The number of Topliss-reactive ketones (excluding diaryl/α,β-unsaturated/α-hetero) is 2. The zero-order valence-electron chi connectivity index (χ0n) is 10.2. The van der Waals surface area contributed by atoms with E-state index in [1.54, 1.807) is 6.92 Å². The molecule has 5 nitrogen and oxygen atoms in total. The summed E-state index contributed by atoms with van der Waals surface area (Å²) in [6.45, 7) is 5.71. The van der Waals surface area contributed by atoms with Crippen LogP contribution in [0, 0.1) is 0 Å². The summed E-state index contributed by atoms with van der Waals surface area (Å²) in [7, 11) is 0. The molecule has 0 aliphatic heterocycles. The van der Waals surface area contributed by atoms with Crippen LogP contribution in [0.15, 0.2) is 11.6 Å². The van der Waals surface area contributed by atoms with Crippen molar-refractivity contribution in [2.45, 2.75) is 34.1 Å². The molecular weight excluding hydrogens is 210 g/mol. The quantitative estimate of drug-likeness (QED) is 0.545. The molecule has 0 saturated heterocycles. The molecule has 92 valence electrons. The molecule has 0 heterocycles. The first kappa shape index (κ1) is 16.9. The molecule has 0 saturated carbocycles. The van der Waals surface area contributed by atoms with Crippen LogP contribution in [0.1, 0.15) is 34.1 Å². The number of carbonyl (C=O) groups is 3. The van der Waals surface area contributed by atoms with E-state index in [0.717, 1.165) is 0 Å². The maximum absolute atomic E-state index is 10.9. The second-order valence-electron chi connectivity index (χ2n) is 3.37. The van der Waals surface area contributed by atoms with E-state index < -0.39 is 0 Å². The molecule has 0 aromatic rings. The van der Waals surface area contributed by atoms with Gasteiger partial charge in [-0.05, 0) is 27.7 Å². The van der Waals surface area contributed by atoms with E-state index in [4.69, 9.17) is 5.11 Å². The van der Waals surface area contributed by atoms with Crippen LogP contribution in [-0.4, -0.2) is 29.3 Å². The lowest BCUT2D eigenvalue weighted by Gasteiger charge is -1.99. The third-order valence-corrected chi connectivity index (χ3v) is 1.29. The van der Waals surface area contributed by atoms with Gasteiger partial charge in [-0.3, -0.25) is 9.59 Å². The Morgan fingerprint density at radius 3 is 1.88 bits per heavy atom. The highest BCUT2D eigenvalue weighted by atomic mass is 16.3. The second-order valence-corrected chi connectivity index (χ2v) is 3.37. The molecule has 2 N–H and O–H groups in total. The van der Waals surface area contributed by atoms with E-state index >= 15 is 0 Å². The number of aliphatic hydroxyl groups is 1. The molecule has 0 radical (unpaired) electrons. The van der Waals surface area contributed by atoms with Crippen LogP contribution in [0.25, 0.3) is 0 Å². The Bertz CT molecular complexity index is 278. The van der Waals surface area contributed by atoms with Crippen molar-refractivity contribution >= 4 is 17.5 Å². The summed E-state index contributed by atoms with van der Waals surface area (Å²) in [6, 6.07) is 0. The lowest BCUT2D eigenvalue weighted by atomic mass is 10.2. The third kappa shape index (κ3) is 15.0. The molecule has 16 heavy (non-hydrogen) atoms. The molecule has 0 aliphatic carbocycles. The van der Waals surface area contributed by atoms with Gasteiger partial charge in [-0.15, -0.1) is 0 Å². The molecule has 5 heteroatoms. The monoisotopic (exact) mass is 229 g/mol. The van der Waals surface area contributed by atoms with Gasteiger partial charge in [0.15, 0.2) is 0 Å². The van der Waals surface area contributed by atoms with Crippen molar-refractivity contribution in [1.29, 1.82) is 0 Å². The first-order valence-electron chi connectivity index (χ1n) is 4.83. The number of ketones is 2. The first-order chi connectivity index (χ1) is 7.31. The van der Waals surface area contributed by atoms with Gasteiger partial charge in [-0.25, -0.2) is 0 Å². The van der Waals surface area contributed by atoms with E-state index in [-0.39, 0.29) is 30.6 Å². The third-order valence-electron chi connectivity index (χ3n) is 1.29. The van der Waals surface area contributed by atoms with Crippen LogP contribution in [0.4, 0.5) is 0 Å². The molecule has 0 aromatic heterocycles. The first-order valence-corrected chi connectivity index (χ1v) is 4.83. The van der Waals surface area contributed by atoms with E-state index in [9.17, 15) is 14.4 Å². The maximum Gasteiger partial charge on any atom is 0.248 e. The average molecular weight is 229 g/mol. The smallest absolute Gasteiger partial charge is 0.248 e. The normalized spacial score (nSPS) is 9.94. The zero-order chi connectivity index (χ0) is 13.1. The number of carbonyl (C=O) groups excluding carboxylic acids is 3. The standard InChI is InChI=1S/C8H13NO3.C3H6O/c1-6(3-4-7(2)11)8(12)9-5-10;1-3(2)4/h3,10H,4-5H2,1-2H3,(H,9,12);1-2H3. The number of amides is 1. The lowest BCUT2D eigenvalue weighted by molar-refractivity contribution is -0.118. The minimum atomic E-state index is -0.385. The van der Waals surface area contributed by atoms with Gasteiger partial charge < -0.3 is 15.2 Å². The van der Waals surface area contributed by atoms with Crippen molar-refractivity contribution in [3.8, 4) is 0 Å². The Balaban J connectivity index is 0. The Hall–Kier alpha value is -1.49. The minimum Gasteiger partial charge on any atom is -0.376 e. The molecule has 1 amide bonds. The van der Waals surface area contributed by atoms with Crippen LogP contribution in [0.3, 0.4) is 0 Å². The SMILES string of the molecule is CC(=O)CC=C(C)C(=O)NCO.CC(C)=O. The minimum absolute atomic E-state index is 0.00569. The molecule has 0 unspecified atom stereocenters. The van der Waals surface area contributed by atoms with Crippen molar-refractivity contribution in [3.05, 3.63) is 11.6 Å². The van der Waals surface area contributed by atoms with E-state index in [0.29, 0.717) is 5.57 Å². The molecule has 0 fully saturated rings. The highest BCUT2D eigenvalue weighted by Gasteiger charge is 2.01. The molecule has 0 bridgehead atoms. The Labute approximate surface area is 95.5 Å². The molecule has 0 spiro atoms. The Morgan fingerprint density at radius 2 is 1.56 bits per heavy atom. The van der Waals surface area contributed by atoms with Gasteiger partial charge in [0.05, 0.1) is 0 Å². The van der Waals surface area contributed by atoms with Crippen LogP contribution >= 0.6 is 0 Å². The van der Waals surface area contributed by atoms with Crippen LogP contribution in [0.2, 0.25) is 0 Å². The molecule has 0 aliphatic rings. The summed E-state index contributed by atoms with van der Waals surface area (Å²) >= 11 is 0. The van der Waals surface area contributed by atoms with Gasteiger partial charge in [0.2, 0.25) is 5.91 Å². The van der Waals surface area contributed by atoms with Gasteiger partial charge >= 0.3 is 0 Å². The fraction of sp³-hybridized carbons (Fsp3) is 0.545. The van der Waals surface area contributed by atoms with Crippen molar-refractivity contribution in [2.75, 3.05) is 6.73 Å². The molecule has 0 rings (SSSR count). The van der Waals surface area contributed by atoms with E-state index in [1.807, 2.05) is 0 Å². The van der Waals surface area contributed by atoms with Gasteiger partial charge in [0.1, 0.15) is 18.3 Å². The number of allylic oxidation sites excluding steroid dienone is 1. The fourth-order valence-corrected chi connectivity index (χ4v) is 0.601. The summed E-state index contributed by atoms with van der Waals surface area (Å²) < 4.78 is 0. The summed E-state index contributed by atoms with van der Waals surface area (Å²) in [4.78, 5) is 30.9. The predicted molar refractivity (Wildman–Crippen MR) is 60.6 cm³/mol. The Morgan fingerprint density at radius 1 is 1.12 bits per heavy atom. The fourth-order valence-electron chi connectivity index (χ4n) is 0.601. The Kier molecular flexibility index (Phi) is 10.6. The number of nitrogens with one attached hydrogen (secondary N) is 1. The number of rotatable bonds is 4. The largest absolute Gasteiger partial charge is 0.376 e. The summed E-state index contributed by atoms with van der Waals surface area (Å²) in [5, 5.41) is 10.5. The van der Waals surface area contributed by atoms with Crippen LogP contribution < -0.4 is 5.32 Å². The second kappa shape index (κ2) is 10.0. The predicted octanol–water partition coefficient (Wildman–Crippen LogP) is 0.573. The van der Waals surface area contributed by atoms with Crippen molar-refractivity contribution < 1.29 is 19.5 Å². The number of hydrogen-bond donors (Lipinski definition) is 2. The van der Waals surface area contributed by atoms with Crippen molar-refractivity contribution in [3.63, 3.8) is 0 Å². The van der Waals surface area contributed by atoms with Gasteiger partial charge in [0, 0.05) is 12.0 Å². The highest BCUT2D eigenvalue weighted by Crippen LogP contribution is 1.95. The van der Waals surface area contributed by atoms with Crippen LogP contribution in [-0.2, 0) is 14.4 Å². The zero-order valence-corrected chi connectivity index (χ0v) is 10.2. The van der Waals surface area contributed by atoms with E-state index in [2.05, 4.69) is 5.32 Å². The van der Waals surface area contributed by atoms with Gasteiger partial charge in [-0.2, -0.15) is 0 Å². The highest BCUT2D eigenvalue weighted by molar-refractivity contribution is 5.93. The average Bonchev–Trinajstić information content (AvgIpc) is 2.13. The molecule has 0 atom stereocenters.